The van der Waals surface area contributed by atoms with Gasteiger partial charge in [0.2, 0.25) is 0 Å². The maximum absolute atomic E-state index is 5.17. The van der Waals surface area contributed by atoms with Crippen LogP contribution in [-0.2, 0) is 11.2 Å². The lowest BCUT2D eigenvalue weighted by Gasteiger charge is -2.11. The predicted molar refractivity (Wildman–Crippen MR) is 65.1 cm³/mol. The Hall–Kier alpha value is -1.69. The molecule has 0 aliphatic rings. The van der Waals surface area contributed by atoms with Gasteiger partial charge in [0.25, 0.3) is 0 Å². The fourth-order valence-corrected chi connectivity index (χ4v) is 1.48. The Morgan fingerprint density at radius 1 is 1.41 bits per heavy atom. The van der Waals surface area contributed by atoms with Crippen LogP contribution >= 0.6 is 0 Å². The summed E-state index contributed by atoms with van der Waals surface area (Å²) in [7, 11) is 1.69. The minimum atomic E-state index is 0.152. The average Bonchev–Trinajstić information content (AvgIpc) is 2.78. The van der Waals surface area contributed by atoms with Crippen molar-refractivity contribution in [1.82, 2.24) is 19.8 Å². The number of ether oxygens (including phenoxy) is 1. The summed E-state index contributed by atoms with van der Waals surface area (Å²) in [5, 5.41) is 15.8. The molecule has 6 heteroatoms. The number of nitrogens with one attached hydrogen (secondary N) is 1. The summed E-state index contributed by atoms with van der Waals surface area (Å²) >= 11 is 0. The number of nitrogens with zero attached hydrogens (tertiary/aromatic N) is 4. The highest BCUT2D eigenvalue weighted by Gasteiger charge is 2.06. The number of aromatic nitrogens is 4. The van der Waals surface area contributed by atoms with E-state index in [-0.39, 0.29) is 6.10 Å². The van der Waals surface area contributed by atoms with Gasteiger partial charge < -0.3 is 10.1 Å². The first-order chi connectivity index (χ1) is 8.24. The van der Waals surface area contributed by atoms with Crippen molar-refractivity contribution in [2.24, 2.45) is 0 Å². The van der Waals surface area contributed by atoms with Crippen LogP contribution in [0.25, 0.3) is 5.65 Å². The molecule has 2 aromatic heterocycles. The number of anilines is 1. The third-order valence-electron chi connectivity index (χ3n) is 2.62. The summed E-state index contributed by atoms with van der Waals surface area (Å²) in [4.78, 5) is 0. The molecule has 2 rings (SSSR count). The first kappa shape index (κ1) is 11.8. The van der Waals surface area contributed by atoms with Gasteiger partial charge in [-0.1, -0.05) is 6.92 Å². The van der Waals surface area contributed by atoms with Crippen molar-refractivity contribution >= 4 is 11.5 Å². The second-order valence-electron chi connectivity index (χ2n) is 3.89. The van der Waals surface area contributed by atoms with Crippen molar-refractivity contribution in [1.29, 1.82) is 0 Å². The lowest BCUT2D eigenvalue weighted by Crippen LogP contribution is -2.19. The Kier molecular flexibility index (Phi) is 3.53. The lowest BCUT2D eigenvalue weighted by molar-refractivity contribution is 0.128. The minimum Gasteiger partial charge on any atom is -0.380 e. The third-order valence-corrected chi connectivity index (χ3v) is 2.62. The maximum atomic E-state index is 5.17. The molecule has 0 amide bonds. The Balaban J connectivity index is 2.18. The minimum absolute atomic E-state index is 0.152. The number of methoxy groups -OCH3 is 1. The van der Waals surface area contributed by atoms with Crippen LogP contribution in [0.2, 0.25) is 0 Å². The van der Waals surface area contributed by atoms with E-state index in [1.165, 1.54) is 0 Å². The highest BCUT2D eigenvalue weighted by atomic mass is 16.5. The van der Waals surface area contributed by atoms with Crippen LogP contribution in [0.15, 0.2) is 12.1 Å². The molecule has 1 atom stereocenters. The number of hydrogen-bond donors (Lipinski definition) is 1. The highest BCUT2D eigenvalue weighted by molar-refractivity contribution is 5.43. The standard InChI is InChI=1S/C11H17N5O/c1-4-10-13-14-11-6-5-9(15-16(10)11)12-7-8(2)17-3/h5-6,8H,4,7H2,1-3H3,(H,12,15). The van der Waals surface area contributed by atoms with Gasteiger partial charge in [-0.3, -0.25) is 0 Å². The van der Waals surface area contributed by atoms with E-state index in [9.17, 15) is 0 Å². The van der Waals surface area contributed by atoms with E-state index in [0.29, 0.717) is 0 Å². The van der Waals surface area contributed by atoms with E-state index < -0.39 is 0 Å². The van der Waals surface area contributed by atoms with Gasteiger partial charge in [-0.15, -0.1) is 15.3 Å². The zero-order valence-corrected chi connectivity index (χ0v) is 10.3. The topological polar surface area (TPSA) is 64.3 Å². The van der Waals surface area contributed by atoms with E-state index in [0.717, 1.165) is 30.3 Å². The van der Waals surface area contributed by atoms with E-state index in [1.54, 1.807) is 11.6 Å². The molecule has 0 saturated carbocycles. The Morgan fingerprint density at radius 3 is 2.94 bits per heavy atom. The molecule has 1 unspecified atom stereocenters. The molecule has 0 aromatic carbocycles. The van der Waals surface area contributed by atoms with Crippen LogP contribution in [0.1, 0.15) is 19.7 Å². The zero-order chi connectivity index (χ0) is 12.3. The summed E-state index contributed by atoms with van der Waals surface area (Å²) in [5.74, 6) is 1.67. The van der Waals surface area contributed by atoms with E-state index in [1.807, 2.05) is 26.0 Å². The first-order valence-corrected chi connectivity index (χ1v) is 5.72. The lowest BCUT2D eigenvalue weighted by atomic mass is 10.4. The Morgan fingerprint density at radius 2 is 2.24 bits per heavy atom. The molecule has 17 heavy (non-hydrogen) atoms. The van der Waals surface area contributed by atoms with Crippen molar-refractivity contribution in [3.05, 3.63) is 18.0 Å². The SMILES string of the molecule is CCc1nnc2ccc(NCC(C)OC)nn12. The van der Waals surface area contributed by atoms with Crippen LogP contribution in [0.5, 0.6) is 0 Å². The molecule has 0 radical (unpaired) electrons. The van der Waals surface area contributed by atoms with Gasteiger partial charge in [0.15, 0.2) is 11.5 Å². The number of rotatable bonds is 5. The summed E-state index contributed by atoms with van der Waals surface area (Å²) < 4.78 is 6.93. The molecule has 2 heterocycles. The van der Waals surface area contributed by atoms with Crippen molar-refractivity contribution in [3.63, 3.8) is 0 Å². The van der Waals surface area contributed by atoms with Crippen LogP contribution in [0, 0.1) is 0 Å². The molecule has 2 aromatic rings. The summed E-state index contributed by atoms with van der Waals surface area (Å²) in [6, 6.07) is 3.80. The van der Waals surface area contributed by atoms with E-state index >= 15 is 0 Å². The molecule has 0 saturated heterocycles. The largest absolute Gasteiger partial charge is 0.380 e. The highest BCUT2D eigenvalue weighted by Crippen LogP contribution is 2.07. The number of fused-ring (bicyclic) bond motifs is 1. The average molecular weight is 235 g/mol. The van der Waals surface area contributed by atoms with Gasteiger partial charge in [-0.2, -0.15) is 4.52 Å². The quantitative estimate of drug-likeness (QED) is 0.841. The number of aryl methyl sites for hydroxylation is 1. The smallest absolute Gasteiger partial charge is 0.178 e. The van der Waals surface area contributed by atoms with Crippen LogP contribution in [0.3, 0.4) is 0 Å². The molecule has 6 nitrogen and oxygen atoms in total. The summed E-state index contributed by atoms with van der Waals surface area (Å²) in [6.07, 6.45) is 0.964. The summed E-state index contributed by atoms with van der Waals surface area (Å²) in [6.45, 7) is 4.76. The van der Waals surface area contributed by atoms with Crippen LogP contribution in [-0.4, -0.2) is 39.6 Å². The van der Waals surface area contributed by atoms with Crippen molar-refractivity contribution in [2.45, 2.75) is 26.4 Å². The van der Waals surface area contributed by atoms with Gasteiger partial charge >= 0.3 is 0 Å². The van der Waals surface area contributed by atoms with Crippen molar-refractivity contribution in [3.8, 4) is 0 Å². The molecule has 0 aliphatic carbocycles. The molecule has 0 bridgehead atoms. The zero-order valence-electron chi connectivity index (χ0n) is 10.3. The molecule has 0 spiro atoms. The molecule has 0 aliphatic heterocycles. The van der Waals surface area contributed by atoms with Gasteiger partial charge in [-0.25, -0.2) is 0 Å². The van der Waals surface area contributed by atoms with Crippen molar-refractivity contribution in [2.75, 3.05) is 19.0 Å². The number of hydrogen-bond acceptors (Lipinski definition) is 5. The summed E-state index contributed by atoms with van der Waals surface area (Å²) in [5.41, 5.74) is 0.771. The van der Waals surface area contributed by atoms with E-state index in [2.05, 4.69) is 20.6 Å². The Labute approximate surface area is 100.0 Å². The monoisotopic (exact) mass is 235 g/mol. The van der Waals surface area contributed by atoms with Gasteiger partial charge in [0.1, 0.15) is 5.82 Å². The second kappa shape index (κ2) is 5.09. The Bertz CT molecular complexity index is 496. The molecular weight excluding hydrogens is 218 g/mol. The normalized spacial score (nSPS) is 12.9. The molecule has 0 fully saturated rings. The van der Waals surface area contributed by atoms with E-state index in [4.69, 9.17) is 4.74 Å². The van der Waals surface area contributed by atoms with Crippen LogP contribution in [0.4, 0.5) is 5.82 Å². The fraction of sp³-hybridized carbons (Fsp3) is 0.545. The maximum Gasteiger partial charge on any atom is 0.178 e. The predicted octanol–water partition coefficient (Wildman–Crippen LogP) is 1.13. The molecular formula is C11H17N5O. The van der Waals surface area contributed by atoms with Gasteiger partial charge in [0, 0.05) is 20.1 Å². The first-order valence-electron chi connectivity index (χ1n) is 5.72. The second-order valence-corrected chi connectivity index (χ2v) is 3.89. The third kappa shape index (κ3) is 2.52. The van der Waals surface area contributed by atoms with Crippen molar-refractivity contribution < 1.29 is 4.74 Å². The van der Waals surface area contributed by atoms with Crippen LogP contribution < -0.4 is 5.32 Å². The van der Waals surface area contributed by atoms with Gasteiger partial charge in [0.05, 0.1) is 6.10 Å². The molecule has 1 N–H and O–H groups in total. The van der Waals surface area contributed by atoms with Gasteiger partial charge in [-0.05, 0) is 19.1 Å². The fourth-order valence-electron chi connectivity index (χ4n) is 1.48. The molecule has 92 valence electrons.